The van der Waals surface area contributed by atoms with E-state index in [1.54, 1.807) is 0 Å². The highest BCUT2D eigenvalue weighted by Crippen LogP contribution is 2.14. The zero-order chi connectivity index (χ0) is 15.4. The lowest BCUT2D eigenvalue weighted by Gasteiger charge is -2.24. The normalized spacial score (nSPS) is 18.2. The molecule has 0 bridgehead atoms. The van der Waals surface area contributed by atoms with Crippen LogP contribution in [0.15, 0.2) is 4.99 Å². The molecule has 126 valence electrons. The van der Waals surface area contributed by atoms with Crippen LogP contribution in [0, 0.1) is 19.8 Å². The van der Waals surface area contributed by atoms with Gasteiger partial charge in [-0.1, -0.05) is 0 Å². The summed E-state index contributed by atoms with van der Waals surface area (Å²) in [6, 6.07) is 0. The Balaban J connectivity index is 0.00000242. The van der Waals surface area contributed by atoms with Gasteiger partial charge in [0.2, 0.25) is 0 Å². The zero-order valence-corrected chi connectivity index (χ0v) is 16.5. The summed E-state index contributed by atoms with van der Waals surface area (Å²) in [5.74, 6) is 1.53. The molecule has 0 radical (unpaired) electrons. The molecular weight excluding hydrogens is 393 g/mol. The van der Waals surface area contributed by atoms with Crippen LogP contribution in [0.2, 0.25) is 0 Å². The van der Waals surface area contributed by atoms with Crippen LogP contribution >= 0.6 is 24.0 Å². The van der Waals surface area contributed by atoms with Gasteiger partial charge >= 0.3 is 0 Å². The molecule has 22 heavy (non-hydrogen) atoms. The molecule has 0 spiro atoms. The van der Waals surface area contributed by atoms with Crippen LogP contribution in [0.3, 0.4) is 0 Å². The third-order valence-corrected chi connectivity index (χ3v) is 4.21. The van der Waals surface area contributed by atoms with Crippen LogP contribution in [-0.4, -0.2) is 54.5 Å². The molecule has 1 aliphatic rings. The van der Waals surface area contributed by atoms with Gasteiger partial charge in [-0.2, -0.15) is 5.10 Å². The number of ether oxygens (including phenoxy) is 1. The predicted octanol–water partition coefficient (Wildman–Crippen LogP) is 1.70. The van der Waals surface area contributed by atoms with E-state index in [9.17, 15) is 0 Å². The number of nitrogens with one attached hydrogen (secondary N) is 1. The van der Waals surface area contributed by atoms with Crippen molar-refractivity contribution < 1.29 is 4.74 Å². The molecule has 7 heteroatoms. The average Bonchev–Trinajstić information content (AvgIpc) is 3.02. The smallest absolute Gasteiger partial charge is 0.193 e. The second kappa shape index (κ2) is 8.71. The third-order valence-electron chi connectivity index (χ3n) is 4.21. The second-order valence-electron chi connectivity index (χ2n) is 5.78. The number of rotatable bonds is 4. The van der Waals surface area contributed by atoms with Gasteiger partial charge in [0.15, 0.2) is 5.96 Å². The lowest BCUT2D eigenvalue weighted by atomic mass is 10.1. The van der Waals surface area contributed by atoms with Gasteiger partial charge < -0.3 is 15.0 Å². The van der Waals surface area contributed by atoms with Gasteiger partial charge in [-0.3, -0.25) is 9.67 Å². The Morgan fingerprint density at radius 1 is 1.50 bits per heavy atom. The summed E-state index contributed by atoms with van der Waals surface area (Å²) in [6.07, 6.45) is 1.14. The zero-order valence-electron chi connectivity index (χ0n) is 14.2. The molecule has 6 nitrogen and oxygen atoms in total. The molecular formula is C15H28IN5O. The lowest BCUT2D eigenvalue weighted by Crippen LogP contribution is -2.41. The highest BCUT2D eigenvalue weighted by atomic mass is 127. The van der Waals surface area contributed by atoms with Crippen LogP contribution in [0.1, 0.15) is 23.4 Å². The van der Waals surface area contributed by atoms with Gasteiger partial charge in [0, 0.05) is 58.0 Å². The maximum absolute atomic E-state index is 5.44. The van der Waals surface area contributed by atoms with Crippen LogP contribution in [0.4, 0.5) is 0 Å². The average molecular weight is 421 g/mol. The van der Waals surface area contributed by atoms with Crippen molar-refractivity contribution in [3.8, 4) is 0 Å². The molecule has 0 aliphatic carbocycles. The molecule has 1 N–H and O–H groups in total. The number of aryl methyl sites for hydroxylation is 2. The Bertz CT molecular complexity index is 508. The van der Waals surface area contributed by atoms with Gasteiger partial charge in [-0.25, -0.2) is 0 Å². The fraction of sp³-hybridized carbons (Fsp3) is 0.733. The minimum atomic E-state index is 0. The molecule has 2 rings (SSSR count). The number of hydrogen-bond acceptors (Lipinski definition) is 3. The predicted molar refractivity (Wildman–Crippen MR) is 99.9 cm³/mol. The van der Waals surface area contributed by atoms with E-state index in [0.717, 1.165) is 44.4 Å². The van der Waals surface area contributed by atoms with Gasteiger partial charge in [0.25, 0.3) is 0 Å². The van der Waals surface area contributed by atoms with E-state index in [1.807, 2.05) is 25.7 Å². The number of guanidine groups is 1. The van der Waals surface area contributed by atoms with E-state index >= 15 is 0 Å². The molecule has 0 aromatic carbocycles. The van der Waals surface area contributed by atoms with E-state index in [2.05, 4.69) is 34.3 Å². The minimum Gasteiger partial charge on any atom is -0.381 e. The van der Waals surface area contributed by atoms with Crippen molar-refractivity contribution in [1.29, 1.82) is 0 Å². The lowest BCUT2D eigenvalue weighted by molar-refractivity contribution is 0.181. The molecule has 1 atom stereocenters. The first kappa shape index (κ1) is 19.2. The summed E-state index contributed by atoms with van der Waals surface area (Å²) in [5.41, 5.74) is 3.52. The topological polar surface area (TPSA) is 54.7 Å². The first-order valence-electron chi connectivity index (χ1n) is 7.51. The van der Waals surface area contributed by atoms with E-state index in [4.69, 9.17) is 4.74 Å². The number of halogens is 1. The fourth-order valence-corrected chi connectivity index (χ4v) is 2.83. The van der Waals surface area contributed by atoms with Crippen molar-refractivity contribution >= 4 is 29.9 Å². The Labute approximate surface area is 150 Å². The minimum absolute atomic E-state index is 0. The second-order valence-corrected chi connectivity index (χ2v) is 5.78. The fourth-order valence-electron chi connectivity index (χ4n) is 2.83. The Morgan fingerprint density at radius 2 is 2.23 bits per heavy atom. The van der Waals surface area contributed by atoms with Crippen molar-refractivity contribution in [2.45, 2.75) is 26.8 Å². The molecule has 1 unspecified atom stereocenters. The highest BCUT2D eigenvalue weighted by Gasteiger charge is 2.19. The van der Waals surface area contributed by atoms with Crippen molar-refractivity contribution in [1.82, 2.24) is 20.0 Å². The van der Waals surface area contributed by atoms with Crippen LogP contribution in [0.25, 0.3) is 0 Å². The van der Waals surface area contributed by atoms with Crippen molar-refractivity contribution in [3.05, 3.63) is 17.0 Å². The Hall–Kier alpha value is -0.830. The molecule has 1 saturated heterocycles. The van der Waals surface area contributed by atoms with Crippen molar-refractivity contribution in [3.63, 3.8) is 0 Å². The monoisotopic (exact) mass is 421 g/mol. The third kappa shape index (κ3) is 4.58. The maximum Gasteiger partial charge on any atom is 0.193 e. The number of nitrogens with zero attached hydrogens (tertiary/aromatic N) is 4. The van der Waals surface area contributed by atoms with E-state index in [0.29, 0.717) is 5.92 Å². The first-order chi connectivity index (χ1) is 10.0. The summed E-state index contributed by atoms with van der Waals surface area (Å²) in [5, 5.41) is 7.89. The standard InChI is InChI=1S/C15H27N5O.HI/c1-11-14(12(2)20(5)18-11)8-17-15(16-3)19(4)9-13-6-7-21-10-13;/h13H,6-10H2,1-5H3,(H,16,17);1H. The number of aromatic nitrogens is 2. The molecule has 2 heterocycles. The van der Waals surface area contributed by atoms with Crippen molar-refractivity contribution in [2.24, 2.45) is 18.0 Å². The van der Waals surface area contributed by atoms with Gasteiger partial charge in [-0.15, -0.1) is 24.0 Å². The molecule has 0 amide bonds. The SMILES string of the molecule is CN=C(NCc1c(C)nn(C)c1C)N(C)CC1CCOC1.I. The van der Waals surface area contributed by atoms with Crippen molar-refractivity contribution in [2.75, 3.05) is 33.9 Å². The molecule has 1 aromatic rings. The van der Waals surface area contributed by atoms with Gasteiger partial charge in [-0.05, 0) is 20.3 Å². The summed E-state index contributed by atoms with van der Waals surface area (Å²) in [7, 11) is 5.89. The number of hydrogen-bond donors (Lipinski definition) is 1. The molecule has 0 saturated carbocycles. The van der Waals surface area contributed by atoms with Crippen LogP contribution in [-0.2, 0) is 18.3 Å². The van der Waals surface area contributed by atoms with Gasteiger partial charge in [0.05, 0.1) is 12.3 Å². The highest BCUT2D eigenvalue weighted by molar-refractivity contribution is 14.0. The Kier molecular flexibility index (Phi) is 7.61. The summed E-state index contributed by atoms with van der Waals surface area (Å²) in [4.78, 5) is 6.56. The van der Waals surface area contributed by atoms with Crippen LogP contribution in [0.5, 0.6) is 0 Å². The summed E-state index contributed by atoms with van der Waals surface area (Å²) >= 11 is 0. The summed E-state index contributed by atoms with van der Waals surface area (Å²) in [6.45, 7) is 7.63. The molecule has 1 fully saturated rings. The quantitative estimate of drug-likeness (QED) is 0.457. The Morgan fingerprint density at radius 3 is 2.73 bits per heavy atom. The largest absolute Gasteiger partial charge is 0.381 e. The molecule has 1 aromatic heterocycles. The van der Waals surface area contributed by atoms with Crippen LogP contribution < -0.4 is 5.32 Å². The van der Waals surface area contributed by atoms with E-state index in [1.165, 1.54) is 11.3 Å². The number of aliphatic imine (C=N–C) groups is 1. The first-order valence-corrected chi connectivity index (χ1v) is 7.51. The van der Waals surface area contributed by atoms with Gasteiger partial charge in [0.1, 0.15) is 0 Å². The maximum atomic E-state index is 5.44. The van der Waals surface area contributed by atoms with E-state index in [-0.39, 0.29) is 24.0 Å². The molecule has 1 aliphatic heterocycles. The summed E-state index contributed by atoms with van der Waals surface area (Å²) < 4.78 is 7.36. The van der Waals surface area contributed by atoms with E-state index < -0.39 is 0 Å².